The number of hydrogen-bond acceptors (Lipinski definition) is 3. The Morgan fingerprint density at radius 2 is 1.74 bits per heavy atom. The van der Waals surface area contributed by atoms with Gasteiger partial charge < -0.3 is 5.32 Å². The number of nitrogens with zero attached hydrogens (tertiary/aromatic N) is 1. The van der Waals surface area contributed by atoms with E-state index in [1.807, 2.05) is 0 Å². The summed E-state index contributed by atoms with van der Waals surface area (Å²) in [4.78, 5) is 12.3. The summed E-state index contributed by atoms with van der Waals surface area (Å²) >= 11 is 0. The summed E-state index contributed by atoms with van der Waals surface area (Å²) in [6, 6.07) is 12.2. The van der Waals surface area contributed by atoms with Gasteiger partial charge in [0.05, 0.1) is 11.3 Å². The summed E-state index contributed by atoms with van der Waals surface area (Å²) in [7, 11) is -3.51. The van der Waals surface area contributed by atoms with E-state index < -0.39 is 15.8 Å². The zero-order chi connectivity index (χ0) is 19.4. The molecule has 1 saturated heterocycles. The minimum Gasteiger partial charge on any atom is -0.326 e. The van der Waals surface area contributed by atoms with Gasteiger partial charge in [-0.15, -0.1) is 0 Å². The van der Waals surface area contributed by atoms with Crippen molar-refractivity contribution in [2.45, 2.75) is 31.1 Å². The molecule has 2 aromatic carbocycles. The maximum Gasteiger partial charge on any atom is 0.243 e. The number of piperidine rings is 1. The summed E-state index contributed by atoms with van der Waals surface area (Å²) in [5.74, 6) is -0.242. The van der Waals surface area contributed by atoms with Gasteiger partial charge in [-0.1, -0.05) is 25.1 Å². The third-order valence-corrected chi connectivity index (χ3v) is 6.74. The van der Waals surface area contributed by atoms with Crippen LogP contribution in [0.4, 0.5) is 10.1 Å². The van der Waals surface area contributed by atoms with E-state index in [2.05, 4.69) is 12.2 Å². The van der Waals surface area contributed by atoms with Crippen LogP contribution >= 0.6 is 0 Å². The van der Waals surface area contributed by atoms with E-state index >= 15 is 0 Å². The van der Waals surface area contributed by atoms with E-state index in [1.54, 1.807) is 30.3 Å². The maximum absolute atomic E-state index is 13.6. The Labute approximate surface area is 159 Å². The van der Waals surface area contributed by atoms with Crippen molar-refractivity contribution in [2.75, 3.05) is 18.4 Å². The highest BCUT2D eigenvalue weighted by molar-refractivity contribution is 7.89. The molecule has 3 rings (SSSR count). The fourth-order valence-corrected chi connectivity index (χ4v) is 4.57. The lowest BCUT2D eigenvalue weighted by molar-refractivity contribution is -0.115. The Morgan fingerprint density at radius 1 is 1.11 bits per heavy atom. The number of carbonyl (C=O) groups excluding carboxylic acids is 1. The lowest BCUT2D eigenvalue weighted by Gasteiger charge is -2.29. The fraction of sp³-hybridized carbons (Fsp3) is 0.350. The minimum absolute atomic E-state index is 0.0846. The first-order chi connectivity index (χ1) is 12.9. The number of amides is 1. The van der Waals surface area contributed by atoms with Crippen molar-refractivity contribution in [1.29, 1.82) is 0 Å². The first-order valence-corrected chi connectivity index (χ1v) is 10.4. The van der Waals surface area contributed by atoms with Crippen molar-refractivity contribution in [3.8, 4) is 0 Å². The van der Waals surface area contributed by atoms with Crippen LogP contribution in [0.1, 0.15) is 25.3 Å². The quantitative estimate of drug-likeness (QED) is 0.851. The zero-order valence-corrected chi connectivity index (χ0v) is 16.0. The number of carbonyl (C=O) groups is 1. The number of halogens is 1. The van der Waals surface area contributed by atoms with Crippen molar-refractivity contribution >= 4 is 21.6 Å². The van der Waals surface area contributed by atoms with Crippen LogP contribution < -0.4 is 5.32 Å². The molecule has 0 bridgehead atoms. The van der Waals surface area contributed by atoms with Crippen molar-refractivity contribution in [1.82, 2.24) is 4.31 Å². The van der Waals surface area contributed by atoms with Crippen molar-refractivity contribution < 1.29 is 17.6 Å². The van der Waals surface area contributed by atoms with Crippen LogP contribution in [0.15, 0.2) is 53.4 Å². The van der Waals surface area contributed by atoms with Crippen molar-refractivity contribution in [3.63, 3.8) is 0 Å². The van der Waals surface area contributed by atoms with Crippen LogP contribution in [-0.2, 0) is 21.2 Å². The van der Waals surface area contributed by atoms with Crippen molar-refractivity contribution in [3.05, 3.63) is 59.9 Å². The van der Waals surface area contributed by atoms with Crippen LogP contribution in [0.5, 0.6) is 0 Å². The molecule has 144 valence electrons. The van der Waals surface area contributed by atoms with Gasteiger partial charge in [0.2, 0.25) is 15.9 Å². The molecule has 1 heterocycles. The number of anilines is 1. The molecule has 0 saturated carbocycles. The third kappa shape index (κ3) is 4.73. The predicted molar refractivity (Wildman–Crippen MR) is 102 cm³/mol. The van der Waals surface area contributed by atoms with Gasteiger partial charge in [0.25, 0.3) is 0 Å². The van der Waals surface area contributed by atoms with Gasteiger partial charge in [-0.3, -0.25) is 4.79 Å². The molecule has 0 unspecified atom stereocenters. The van der Waals surface area contributed by atoms with Gasteiger partial charge in [-0.2, -0.15) is 4.31 Å². The van der Waals surface area contributed by atoms with E-state index in [0.29, 0.717) is 30.3 Å². The lowest BCUT2D eigenvalue weighted by Crippen LogP contribution is -2.37. The second-order valence-corrected chi connectivity index (χ2v) is 8.87. The fourth-order valence-electron chi connectivity index (χ4n) is 3.10. The minimum atomic E-state index is -3.51. The molecular formula is C20H23FN2O3S. The van der Waals surface area contributed by atoms with Crippen LogP contribution in [0.25, 0.3) is 0 Å². The largest absolute Gasteiger partial charge is 0.326 e. The molecule has 27 heavy (non-hydrogen) atoms. The van der Waals surface area contributed by atoms with Gasteiger partial charge >= 0.3 is 0 Å². The molecule has 0 spiro atoms. The highest BCUT2D eigenvalue weighted by Gasteiger charge is 2.27. The first-order valence-electron chi connectivity index (χ1n) is 9.00. The lowest BCUT2D eigenvalue weighted by atomic mass is 10.0. The maximum atomic E-state index is 13.6. The molecule has 5 nitrogen and oxygen atoms in total. The molecular weight excluding hydrogens is 367 g/mol. The molecule has 2 aromatic rings. The Kier molecular flexibility index (Phi) is 5.92. The van der Waals surface area contributed by atoms with Gasteiger partial charge in [-0.25, -0.2) is 12.8 Å². The van der Waals surface area contributed by atoms with E-state index in [0.717, 1.165) is 12.8 Å². The van der Waals surface area contributed by atoms with E-state index in [4.69, 9.17) is 0 Å². The molecule has 0 aliphatic carbocycles. The van der Waals surface area contributed by atoms with Crippen molar-refractivity contribution in [2.24, 2.45) is 5.92 Å². The summed E-state index contributed by atoms with van der Waals surface area (Å²) < 4.78 is 40.5. The topological polar surface area (TPSA) is 66.5 Å². The Balaban J connectivity index is 1.65. The second-order valence-electron chi connectivity index (χ2n) is 6.93. The monoisotopic (exact) mass is 390 g/mol. The normalized spacial score (nSPS) is 16.2. The average molecular weight is 390 g/mol. The SMILES string of the molecule is CC1CCN(S(=O)(=O)c2ccc(NC(=O)Cc3ccccc3F)cc2)CC1. The van der Waals surface area contributed by atoms with E-state index in [-0.39, 0.29) is 17.2 Å². The van der Waals surface area contributed by atoms with E-state index in [9.17, 15) is 17.6 Å². The predicted octanol–water partition coefficient (Wildman–Crippen LogP) is 3.43. The molecule has 1 fully saturated rings. The van der Waals surface area contributed by atoms with Gasteiger partial charge in [0, 0.05) is 18.8 Å². The molecule has 0 aromatic heterocycles. The number of benzene rings is 2. The third-order valence-electron chi connectivity index (χ3n) is 4.83. The Bertz CT molecular complexity index is 905. The summed E-state index contributed by atoms with van der Waals surface area (Å²) in [6.07, 6.45) is 1.64. The van der Waals surface area contributed by atoms with Crippen LogP contribution in [0.3, 0.4) is 0 Å². The molecule has 1 amide bonds. The van der Waals surface area contributed by atoms with Crippen LogP contribution in [0, 0.1) is 11.7 Å². The average Bonchev–Trinajstić information content (AvgIpc) is 2.64. The highest BCUT2D eigenvalue weighted by Crippen LogP contribution is 2.24. The molecule has 7 heteroatoms. The number of hydrogen-bond donors (Lipinski definition) is 1. The first kappa shape index (κ1) is 19.5. The molecule has 1 aliphatic heterocycles. The highest BCUT2D eigenvalue weighted by atomic mass is 32.2. The smallest absolute Gasteiger partial charge is 0.243 e. The second kappa shape index (κ2) is 8.19. The Hall–Kier alpha value is -2.25. The molecule has 1 N–H and O–H groups in total. The van der Waals surface area contributed by atoms with Gasteiger partial charge in [-0.05, 0) is 54.7 Å². The molecule has 0 radical (unpaired) electrons. The molecule has 1 aliphatic rings. The summed E-state index contributed by atoms with van der Waals surface area (Å²) in [5.41, 5.74) is 0.788. The standard InChI is InChI=1S/C20H23FN2O3S/c1-15-10-12-23(13-11-15)27(25,26)18-8-6-17(7-9-18)22-20(24)14-16-4-2-3-5-19(16)21/h2-9,15H,10-14H2,1H3,(H,22,24). The van der Waals surface area contributed by atoms with E-state index in [1.165, 1.54) is 22.5 Å². The summed E-state index contributed by atoms with van der Waals surface area (Å²) in [5, 5.41) is 2.67. The van der Waals surface area contributed by atoms with Crippen LogP contribution in [0.2, 0.25) is 0 Å². The number of nitrogens with one attached hydrogen (secondary N) is 1. The van der Waals surface area contributed by atoms with Gasteiger partial charge in [0.15, 0.2) is 0 Å². The number of rotatable bonds is 5. The number of sulfonamides is 1. The Morgan fingerprint density at radius 3 is 2.37 bits per heavy atom. The van der Waals surface area contributed by atoms with Gasteiger partial charge in [0.1, 0.15) is 5.82 Å². The van der Waals surface area contributed by atoms with Crippen LogP contribution in [-0.4, -0.2) is 31.7 Å². The molecule has 0 atom stereocenters. The summed E-state index contributed by atoms with van der Waals surface area (Å²) in [6.45, 7) is 3.19. The zero-order valence-electron chi connectivity index (χ0n) is 15.2.